The van der Waals surface area contributed by atoms with Gasteiger partial charge in [-0.2, -0.15) is 4.98 Å². The van der Waals surface area contributed by atoms with Crippen LogP contribution in [0.5, 0.6) is 0 Å². The molecular formula is C11H18N4O5. The van der Waals surface area contributed by atoms with Crippen LogP contribution < -0.4 is 17.0 Å². The highest BCUT2D eigenvalue weighted by molar-refractivity contribution is 5.46. The lowest BCUT2D eigenvalue weighted by molar-refractivity contribution is -0.297. The van der Waals surface area contributed by atoms with E-state index in [4.69, 9.17) is 25.7 Å². The molecule has 6 N–H and O–H groups in total. The van der Waals surface area contributed by atoms with Crippen molar-refractivity contribution < 1.29 is 19.3 Å². The van der Waals surface area contributed by atoms with Gasteiger partial charge in [-0.15, -0.1) is 0 Å². The third kappa shape index (κ3) is 1.71. The molecule has 1 aliphatic rings. The van der Waals surface area contributed by atoms with Crippen molar-refractivity contribution in [1.82, 2.24) is 9.97 Å². The molecule has 2 rings (SSSR count). The molecule has 1 aromatic rings. The summed E-state index contributed by atoms with van der Waals surface area (Å²) in [5, 5.41) is 10.1. The molecule has 2 atom stereocenters. The molecule has 0 aromatic carbocycles. The summed E-state index contributed by atoms with van der Waals surface area (Å²) in [4.78, 5) is 18.3. The molecule has 2 unspecified atom stereocenters. The normalized spacial score (nSPS) is 28.7. The van der Waals surface area contributed by atoms with Crippen molar-refractivity contribution in [3.63, 3.8) is 0 Å². The SMILES string of the molecule is COC1(OC)C(O)COC1(C)c1c(N)nc(N)[nH]c1=O. The predicted octanol–water partition coefficient (Wildman–Crippen LogP) is -1.47. The van der Waals surface area contributed by atoms with Gasteiger partial charge in [-0.05, 0) is 6.92 Å². The molecule has 1 aliphatic heterocycles. The van der Waals surface area contributed by atoms with Crippen molar-refractivity contribution in [3.8, 4) is 0 Å². The van der Waals surface area contributed by atoms with E-state index in [0.29, 0.717) is 0 Å². The number of nitrogens with zero attached hydrogens (tertiary/aromatic N) is 1. The van der Waals surface area contributed by atoms with E-state index < -0.39 is 23.1 Å². The Labute approximate surface area is 114 Å². The third-order valence-electron chi connectivity index (χ3n) is 3.68. The maximum Gasteiger partial charge on any atom is 0.260 e. The number of ether oxygens (including phenoxy) is 3. The third-order valence-corrected chi connectivity index (χ3v) is 3.68. The fourth-order valence-electron chi connectivity index (χ4n) is 2.73. The molecule has 112 valence electrons. The number of methoxy groups -OCH3 is 2. The molecule has 1 saturated heterocycles. The number of nitrogens with one attached hydrogen (secondary N) is 1. The lowest BCUT2D eigenvalue weighted by Gasteiger charge is -2.40. The number of aromatic nitrogens is 2. The number of aromatic amines is 1. The zero-order chi connectivity index (χ0) is 15.1. The standard InChI is InChI=1S/C11H18N4O5/c1-10(6-7(12)14-9(13)15-8(6)17)11(18-2,19-3)5(16)4-20-10/h5,16H,4H2,1-3H3,(H5,12,13,14,15,17). The van der Waals surface area contributed by atoms with Gasteiger partial charge in [-0.1, -0.05) is 0 Å². The van der Waals surface area contributed by atoms with Crippen LogP contribution in [0.4, 0.5) is 11.8 Å². The lowest BCUT2D eigenvalue weighted by Crippen LogP contribution is -2.57. The zero-order valence-electron chi connectivity index (χ0n) is 11.5. The number of hydrogen-bond acceptors (Lipinski definition) is 8. The number of hydrogen-bond donors (Lipinski definition) is 4. The van der Waals surface area contributed by atoms with Crippen molar-refractivity contribution in [2.24, 2.45) is 0 Å². The van der Waals surface area contributed by atoms with E-state index >= 15 is 0 Å². The molecule has 9 heteroatoms. The van der Waals surface area contributed by atoms with Crippen LogP contribution in [0.2, 0.25) is 0 Å². The predicted molar refractivity (Wildman–Crippen MR) is 69.7 cm³/mol. The summed E-state index contributed by atoms with van der Waals surface area (Å²) in [5.41, 5.74) is 9.19. The molecule has 0 aliphatic carbocycles. The lowest BCUT2D eigenvalue weighted by atomic mass is 9.86. The number of nitrogens with two attached hydrogens (primary N) is 2. The Balaban J connectivity index is 2.70. The molecule has 0 radical (unpaired) electrons. The van der Waals surface area contributed by atoms with Crippen molar-refractivity contribution in [3.05, 3.63) is 15.9 Å². The van der Waals surface area contributed by atoms with E-state index in [2.05, 4.69) is 9.97 Å². The van der Waals surface area contributed by atoms with Gasteiger partial charge in [-0.3, -0.25) is 9.78 Å². The van der Waals surface area contributed by atoms with Crippen molar-refractivity contribution in [1.29, 1.82) is 0 Å². The summed E-state index contributed by atoms with van der Waals surface area (Å²) in [6.07, 6.45) is -1.10. The van der Waals surface area contributed by atoms with E-state index in [1.807, 2.05) is 0 Å². The van der Waals surface area contributed by atoms with Crippen LogP contribution in [0.15, 0.2) is 4.79 Å². The summed E-state index contributed by atoms with van der Waals surface area (Å²) in [7, 11) is 2.68. The highest BCUT2D eigenvalue weighted by Crippen LogP contribution is 2.46. The molecule has 0 amide bonds. The first-order valence-corrected chi connectivity index (χ1v) is 5.90. The largest absolute Gasteiger partial charge is 0.385 e. The van der Waals surface area contributed by atoms with Crippen molar-refractivity contribution >= 4 is 11.8 Å². The molecule has 9 nitrogen and oxygen atoms in total. The van der Waals surface area contributed by atoms with E-state index in [1.54, 1.807) is 0 Å². The number of nitrogen functional groups attached to an aromatic ring is 2. The van der Waals surface area contributed by atoms with E-state index in [9.17, 15) is 9.90 Å². The van der Waals surface area contributed by atoms with Gasteiger partial charge in [0.1, 0.15) is 11.9 Å². The topological polar surface area (TPSA) is 146 Å². The Bertz CT molecular complexity index is 570. The van der Waals surface area contributed by atoms with E-state index in [-0.39, 0.29) is 23.9 Å². The maximum absolute atomic E-state index is 12.2. The van der Waals surface area contributed by atoms with Gasteiger partial charge in [0.2, 0.25) is 11.7 Å². The highest BCUT2D eigenvalue weighted by atomic mass is 16.7. The van der Waals surface area contributed by atoms with Crippen LogP contribution in [-0.2, 0) is 19.8 Å². The fourth-order valence-corrected chi connectivity index (χ4v) is 2.73. The van der Waals surface area contributed by atoms with Crippen LogP contribution in [0, 0.1) is 0 Å². The van der Waals surface area contributed by atoms with Crippen molar-refractivity contribution in [2.45, 2.75) is 24.4 Å². The van der Waals surface area contributed by atoms with Gasteiger partial charge in [0, 0.05) is 14.2 Å². The minimum atomic E-state index is -1.58. The van der Waals surface area contributed by atoms with Crippen LogP contribution in [0.25, 0.3) is 0 Å². The summed E-state index contributed by atoms with van der Waals surface area (Å²) in [6.45, 7) is 1.45. The molecule has 0 spiro atoms. The Hall–Kier alpha value is -1.68. The molecule has 1 fully saturated rings. The number of H-pyrrole nitrogens is 1. The minimum Gasteiger partial charge on any atom is -0.385 e. The second kappa shape index (κ2) is 4.70. The highest BCUT2D eigenvalue weighted by Gasteiger charge is 2.63. The Morgan fingerprint density at radius 1 is 1.45 bits per heavy atom. The van der Waals surface area contributed by atoms with Gasteiger partial charge >= 0.3 is 0 Å². The van der Waals surface area contributed by atoms with E-state index in [0.717, 1.165) is 0 Å². The Kier molecular flexibility index (Phi) is 3.46. The van der Waals surface area contributed by atoms with Crippen LogP contribution >= 0.6 is 0 Å². The Morgan fingerprint density at radius 3 is 2.55 bits per heavy atom. The summed E-state index contributed by atoms with van der Waals surface area (Å²) < 4.78 is 16.2. The molecular weight excluding hydrogens is 268 g/mol. The van der Waals surface area contributed by atoms with Crippen LogP contribution in [0.3, 0.4) is 0 Å². The van der Waals surface area contributed by atoms with Crippen LogP contribution in [-0.4, -0.2) is 47.8 Å². The first-order chi connectivity index (χ1) is 9.32. The first kappa shape index (κ1) is 14.7. The smallest absolute Gasteiger partial charge is 0.260 e. The quantitative estimate of drug-likeness (QED) is 0.492. The second-order valence-electron chi connectivity index (χ2n) is 4.65. The molecule has 1 aromatic heterocycles. The first-order valence-electron chi connectivity index (χ1n) is 5.90. The summed E-state index contributed by atoms with van der Waals surface area (Å²) >= 11 is 0. The average molecular weight is 286 g/mol. The van der Waals surface area contributed by atoms with Crippen LogP contribution in [0.1, 0.15) is 12.5 Å². The number of aliphatic hydroxyl groups excluding tert-OH is 1. The number of rotatable bonds is 3. The number of anilines is 2. The molecule has 0 bridgehead atoms. The van der Waals surface area contributed by atoms with Gasteiger partial charge in [-0.25, -0.2) is 0 Å². The minimum absolute atomic E-state index is 0.00745. The van der Waals surface area contributed by atoms with Gasteiger partial charge in [0.15, 0.2) is 5.60 Å². The maximum atomic E-state index is 12.2. The second-order valence-corrected chi connectivity index (χ2v) is 4.65. The van der Waals surface area contributed by atoms with Crippen molar-refractivity contribution in [2.75, 3.05) is 32.3 Å². The summed E-state index contributed by atoms with van der Waals surface area (Å²) in [6, 6.07) is 0. The monoisotopic (exact) mass is 286 g/mol. The summed E-state index contributed by atoms with van der Waals surface area (Å²) in [5.74, 6) is -1.80. The van der Waals surface area contributed by atoms with Gasteiger partial charge in [0.25, 0.3) is 5.56 Å². The Morgan fingerprint density at radius 2 is 2.05 bits per heavy atom. The molecule has 0 saturated carbocycles. The number of aliphatic hydroxyl groups is 1. The van der Waals surface area contributed by atoms with E-state index in [1.165, 1.54) is 21.1 Å². The molecule has 2 heterocycles. The van der Waals surface area contributed by atoms with Gasteiger partial charge in [0.05, 0.1) is 12.2 Å². The fraction of sp³-hybridized carbons (Fsp3) is 0.636. The molecule has 20 heavy (non-hydrogen) atoms. The van der Waals surface area contributed by atoms with Gasteiger partial charge < -0.3 is 30.8 Å². The average Bonchev–Trinajstić information content (AvgIpc) is 2.61. The zero-order valence-corrected chi connectivity index (χ0v) is 11.5.